The van der Waals surface area contributed by atoms with E-state index in [1.54, 1.807) is 0 Å². The Morgan fingerprint density at radius 1 is 1.20 bits per heavy atom. The molecule has 0 unspecified atom stereocenters. The summed E-state index contributed by atoms with van der Waals surface area (Å²) in [4.78, 5) is 4.35. The first-order valence-corrected chi connectivity index (χ1v) is 8.80. The van der Waals surface area contributed by atoms with Gasteiger partial charge in [-0.25, -0.2) is 4.68 Å². The number of halogens is 1. The highest BCUT2D eigenvalue weighted by Crippen LogP contribution is 2.23. The Labute approximate surface area is 167 Å². The molecular weight excluding hydrogens is 425 g/mol. The molecule has 1 fully saturated rings. The van der Waals surface area contributed by atoms with Crippen molar-refractivity contribution in [3.05, 3.63) is 48.3 Å². The Bertz CT molecular complexity index is 659. The van der Waals surface area contributed by atoms with E-state index in [0.717, 1.165) is 29.7 Å². The maximum atomic E-state index is 4.43. The minimum absolute atomic E-state index is 0. The van der Waals surface area contributed by atoms with E-state index in [1.807, 2.05) is 36.1 Å². The van der Waals surface area contributed by atoms with E-state index in [4.69, 9.17) is 0 Å². The zero-order valence-electron chi connectivity index (χ0n) is 15.0. The van der Waals surface area contributed by atoms with E-state index in [0.29, 0.717) is 6.04 Å². The Balaban J connectivity index is 0.00000225. The van der Waals surface area contributed by atoms with Crippen LogP contribution in [0.2, 0.25) is 0 Å². The lowest BCUT2D eigenvalue weighted by Gasteiger charge is -2.28. The van der Waals surface area contributed by atoms with E-state index in [9.17, 15) is 0 Å². The van der Waals surface area contributed by atoms with Gasteiger partial charge in [0.25, 0.3) is 0 Å². The molecule has 1 heterocycles. The van der Waals surface area contributed by atoms with E-state index in [1.165, 1.54) is 25.7 Å². The van der Waals surface area contributed by atoms with Crippen molar-refractivity contribution < 1.29 is 0 Å². The van der Waals surface area contributed by atoms with Crippen molar-refractivity contribution in [2.45, 2.75) is 45.2 Å². The maximum absolute atomic E-state index is 4.43. The van der Waals surface area contributed by atoms with Crippen molar-refractivity contribution in [1.82, 2.24) is 20.4 Å². The molecule has 25 heavy (non-hydrogen) atoms. The van der Waals surface area contributed by atoms with Crippen molar-refractivity contribution in [2.24, 2.45) is 10.9 Å². The van der Waals surface area contributed by atoms with Gasteiger partial charge < -0.3 is 10.6 Å². The highest BCUT2D eigenvalue weighted by atomic mass is 127. The number of rotatable bonds is 4. The molecule has 0 saturated heterocycles. The van der Waals surface area contributed by atoms with Crippen molar-refractivity contribution in [3.63, 3.8) is 0 Å². The number of aromatic nitrogens is 2. The largest absolute Gasteiger partial charge is 0.354 e. The van der Waals surface area contributed by atoms with Crippen molar-refractivity contribution >= 4 is 29.9 Å². The van der Waals surface area contributed by atoms with E-state index in [2.05, 4.69) is 46.0 Å². The lowest BCUT2D eigenvalue weighted by Crippen LogP contribution is -2.44. The average Bonchev–Trinajstić information content (AvgIpc) is 3.10. The fourth-order valence-electron chi connectivity index (χ4n) is 3.15. The molecule has 1 aromatic heterocycles. The van der Waals surface area contributed by atoms with Gasteiger partial charge in [-0.05, 0) is 43.7 Å². The van der Waals surface area contributed by atoms with Gasteiger partial charge in [0.05, 0.1) is 11.9 Å². The molecule has 0 amide bonds. The summed E-state index contributed by atoms with van der Waals surface area (Å²) in [6, 6.07) is 10.7. The summed E-state index contributed by atoms with van der Waals surface area (Å²) >= 11 is 0. The number of nitrogens with one attached hydrogen (secondary N) is 2. The second-order valence-electron chi connectivity index (χ2n) is 6.66. The van der Waals surface area contributed by atoms with Crippen molar-refractivity contribution in [2.75, 3.05) is 7.05 Å². The molecule has 2 N–H and O–H groups in total. The maximum Gasteiger partial charge on any atom is 0.191 e. The number of para-hydroxylation sites is 1. The van der Waals surface area contributed by atoms with E-state index >= 15 is 0 Å². The summed E-state index contributed by atoms with van der Waals surface area (Å²) in [6.45, 7) is 3.06. The molecule has 136 valence electrons. The highest BCUT2D eigenvalue weighted by Gasteiger charge is 2.18. The van der Waals surface area contributed by atoms with Crippen LogP contribution < -0.4 is 10.6 Å². The van der Waals surface area contributed by atoms with Gasteiger partial charge in [-0.1, -0.05) is 25.1 Å². The van der Waals surface area contributed by atoms with Crippen molar-refractivity contribution in [1.29, 1.82) is 0 Å². The van der Waals surface area contributed by atoms with Crippen LogP contribution in [0.5, 0.6) is 0 Å². The van der Waals surface area contributed by atoms with Gasteiger partial charge in [-0.2, -0.15) is 5.10 Å². The highest BCUT2D eigenvalue weighted by molar-refractivity contribution is 14.0. The second-order valence-corrected chi connectivity index (χ2v) is 6.66. The second kappa shape index (κ2) is 9.79. The summed E-state index contributed by atoms with van der Waals surface area (Å²) in [5, 5.41) is 11.4. The molecular formula is C19H28IN5. The summed E-state index contributed by atoms with van der Waals surface area (Å²) in [7, 11) is 1.83. The van der Waals surface area contributed by atoms with Crippen LogP contribution >= 0.6 is 24.0 Å². The molecule has 0 radical (unpaired) electrons. The Kier molecular flexibility index (Phi) is 7.74. The van der Waals surface area contributed by atoms with Gasteiger partial charge in [0, 0.05) is 31.4 Å². The topological polar surface area (TPSA) is 54.2 Å². The number of guanidine groups is 1. The molecule has 3 rings (SSSR count). The quantitative estimate of drug-likeness (QED) is 0.422. The fraction of sp³-hybridized carbons (Fsp3) is 0.474. The third-order valence-corrected chi connectivity index (χ3v) is 4.70. The summed E-state index contributed by atoms with van der Waals surface area (Å²) < 4.78 is 1.90. The normalized spacial score (nSPS) is 20.6. The first kappa shape index (κ1) is 19.8. The number of aliphatic imine (C=N–C) groups is 1. The van der Waals surface area contributed by atoms with E-state index in [-0.39, 0.29) is 24.0 Å². The van der Waals surface area contributed by atoms with Crippen LogP contribution in [0.3, 0.4) is 0 Å². The van der Waals surface area contributed by atoms with Crippen LogP contribution in [0.1, 0.15) is 38.2 Å². The third-order valence-electron chi connectivity index (χ3n) is 4.70. The molecule has 5 nitrogen and oxygen atoms in total. The predicted octanol–water partition coefficient (Wildman–Crippen LogP) is 3.73. The first-order chi connectivity index (χ1) is 11.7. The number of hydrogen-bond donors (Lipinski definition) is 2. The lowest BCUT2D eigenvalue weighted by atomic mass is 9.87. The number of nitrogens with zero attached hydrogens (tertiary/aromatic N) is 3. The van der Waals surface area contributed by atoms with Gasteiger partial charge in [-0.15, -0.1) is 24.0 Å². The number of hydrogen-bond acceptors (Lipinski definition) is 2. The number of benzene rings is 1. The molecule has 2 aromatic rings. The average molecular weight is 453 g/mol. The lowest BCUT2D eigenvalue weighted by molar-refractivity contribution is 0.329. The standard InChI is InChI=1S/C19H27N5.HI/c1-15-8-10-17(11-9-15)23-19(20-2)21-12-16-13-22-24(14-16)18-6-4-3-5-7-18;/h3-7,13-15,17H,8-12H2,1-2H3,(H2,20,21,23);1H. The molecule has 0 bridgehead atoms. The van der Waals surface area contributed by atoms with Crippen LogP contribution in [0.15, 0.2) is 47.7 Å². The first-order valence-electron chi connectivity index (χ1n) is 8.80. The molecule has 1 saturated carbocycles. The molecule has 1 aliphatic rings. The van der Waals surface area contributed by atoms with E-state index < -0.39 is 0 Å². The van der Waals surface area contributed by atoms with Crippen LogP contribution in [0.25, 0.3) is 5.69 Å². The minimum Gasteiger partial charge on any atom is -0.354 e. The Morgan fingerprint density at radius 2 is 1.92 bits per heavy atom. The SMILES string of the molecule is CN=C(NCc1cnn(-c2ccccc2)c1)NC1CCC(C)CC1.I. The molecule has 1 aromatic carbocycles. The molecule has 0 aliphatic heterocycles. The van der Waals surface area contributed by atoms with Gasteiger partial charge in [0.1, 0.15) is 0 Å². The molecule has 0 atom stereocenters. The van der Waals surface area contributed by atoms with Crippen LogP contribution in [0.4, 0.5) is 0 Å². The zero-order chi connectivity index (χ0) is 16.8. The van der Waals surface area contributed by atoms with Crippen molar-refractivity contribution in [3.8, 4) is 5.69 Å². The van der Waals surface area contributed by atoms with Crippen LogP contribution in [0, 0.1) is 5.92 Å². The molecule has 6 heteroatoms. The van der Waals surface area contributed by atoms with Gasteiger partial charge in [-0.3, -0.25) is 4.99 Å². The molecule has 0 spiro atoms. The fourth-order valence-corrected chi connectivity index (χ4v) is 3.15. The van der Waals surface area contributed by atoms with Crippen LogP contribution in [-0.2, 0) is 6.54 Å². The zero-order valence-corrected chi connectivity index (χ0v) is 17.3. The van der Waals surface area contributed by atoms with Gasteiger partial charge >= 0.3 is 0 Å². The predicted molar refractivity (Wildman–Crippen MR) is 114 cm³/mol. The Hall–Kier alpha value is -1.57. The van der Waals surface area contributed by atoms with Gasteiger partial charge in [0.2, 0.25) is 0 Å². The van der Waals surface area contributed by atoms with Gasteiger partial charge in [0.15, 0.2) is 5.96 Å². The Morgan fingerprint density at radius 3 is 2.60 bits per heavy atom. The smallest absolute Gasteiger partial charge is 0.191 e. The molecule has 1 aliphatic carbocycles. The third kappa shape index (κ3) is 5.73. The summed E-state index contributed by atoms with van der Waals surface area (Å²) in [5.74, 6) is 1.74. The summed E-state index contributed by atoms with van der Waals surface area (Å²) in [6.07, 6.45) is 9.02. The minimum atomic E-state index is 0. The van der Waals surface area contributed by atoms with Crippen LogP contribution in [-0.4, -0.2) is 28.8 Å². The monoisotopic (exact) mass is 453 g/mol. The summed E-state index contributed by atoms with van der Waals surface area (Å²) in [5.41, 5.74) is 2.21.